The molecule has 6 aromatic carbocycles. The highest BCUT2D eigenvalue weighted by molar-refractivity contribution is 6.16. The zero-order valence-electron chi connectivity index (χ0n) is 25.9. The maximum Gasteiger partial charge on any atom is 0.0581 e. The monoisotopic (exact) mass is 593 g/mol. The Bertz CT molecular complexity index is 2230. The smallest absolute Gasteiger partial charge is 0.0581 e. The highest BCUT2D eigenvalue weighted by Gasteiger charge is 2.24. The quantitative estimate of drug-likeness (QED) is 0.202. The number of aliphatic hydroxyl groups is 1. The lowest BCUT2D eigenvalue weighted by Crippen LogP contribution is -2.17. The Hall–Kier alpha value is -5.70. The van der Waals surface area contributed by atoms with Gasteiger partial charge in [-0.3, -0.25) is 0 Å². The molecule has 0 saturated carbocycles. The number of nitrogens with zero attached hydrogens (tertiary/aromatic N) is 1. The minimum atomic E-state index is 0.823. The van der Waals surface area contributed by atoms with Crippen LogP contribution in [0.3, 0.4) is 0 Å². The SMILES string of the molecule is C=C1C=C(c2ccc(N3C(=C)/C=C\c4ccccc4Cc4c3c3ccccc3c3ccccc43)cc2)C=Cc2ccccc21.CO. The summed E-state index contributed by atoms with van der Waals surface area (Å²) in [7, 11) is 1.00. The van der Waals surface area contributed by atoms with Crippen molar-refractivity contribution in [1.82, 2.24) is 0 Å². The number of hydrogen-bond donors (Lipinski definition) is 1. The van der Waals surface area contributed by atoms with E-state index in [1.54, 1.807) is 0 Å². The molecule has 0 spiro atoms. The second kappa shape index (κ2) is 12.4. The summed E-state index contributed by atoms with van der Waals surface area (Å²) in [4.78, 5) is 2.35. The van der Waals surface area contributed by atoms with E-state index in [0.717, 1.165) is 41.6 Å². The molecule has 0 radical (unpaired) electrons. The van der Waals surface area contributed by atoms with Gasteiger partial charge in [-0.2, -0.15) is 0 Å². The van der Waals surface area contributed by atoms with Crippen LogP contribution < -0.4 is 4.90 Å². The van der Waals surface area contributed by atoms with Crippen LogP contribution in [-0.2, 0) is 6.42 Å². The summed E-state index contributed by atoms with van der Waals surface area (Å²) in [5.41, 5.74) is 12.7. The zero-order valence-corrected chi connectivity index (χ0v) is 25.9. The first kappa shape index (κ1) is 29.0. The van der Waals surface area contributed by atoms with Gasteiger partial charge >= 0.3 is 0 Å². The number of anilines is 2. The molecule has 1 N–H and O–H groups in total. The largest absolute Gasteiger partial charge is 0.400 e. The molecule has 1 aliphatic heterocycles. The second-order valence-electron chi connectivity index (χ2n) is 11.5. The van der Waals surface area contributed by atoms with Crippen molar-refractivity contribution in [2.75, 3.05) is 12.0 Å². The van der Waals surface area contributed by atoms with Gasteiger partial charge in [0, 0.05) is 30.3 Å². The normalized spacial score (nSPS) is 14.5. The maximum absolute atomic E-state index is 7.00. The van der Waals surface area contributed by atoms with Crippen LogP contribution in [0.1, 0.15) is 33.4 Å². The first-order valence-corrected chi connectivity index (χ1v) is 15.6. The first-order valence-electron chi connectivity index (χ1n) is 15.6. The van der Waals surface area contributed by atoms with Crippen molar-refractivity contribution in [3.63, 3.8) is 0 Å². The zero-order chi connectivity index (χ0) is 31.6. The molecule has 0 saturated heterocycles. The fourth-order valence-electron chi connectivity index (χ4n) is 6.79. The van der Waals surface area contributed by atoms with Gasteiger partial charge in [0.05, 0.1) is 5.69 Å². The van der Waals surface area contributed by atoms with Crippen LogP contribution in [0.5, 0.6) is 0 Å². The van der Waals surface area contributed by atoms with Crippen LogP contribution in [0.25, 0.3) is 44.8 Å². The van der Waals surface area contributed by atoms with Crippen molar-refractivity contribution in [2.45, 2.75) is 6.42 Å². The van der Waals surface area contributed by atoms with Gasteiger partial charge in [-0.25, -0.2) is 0 Å². The summed E-state index contributed by atoms with van der Waals surface area (Å²) in [6.45, 7) is 9.01. The van der Waals surface area contributed by atoms with E-state index < -0.39 is 0 Å². The summed E-state index contributed by atoms with van der Waals surface area (Å²) in [5, 5.41) is 12.0. The van der Waals surface area contributed by atoms with Crippen molar-refractivity contribution < 1.29 is 5.11 Å². The van der Waals surface area contributed by atoms with E-state index in [0.29, 0.717) is 0 Å². The average molecular weight is 594 g/mol. The fourth-order valence-corrected chi connectivity index (χ4v) is 6.79. The molecule has 46 heavy (non-hydrogen) atoms. The molecular weight excluding hydrogens is 558 g/mol. The van der Waals surface area contributed by atoms with Crippen LogP contribution in [0.15, 0.2) is 158 Å². The van der Waals surface area contributed by atoms with Gasteiger partial charge in [0.2, 0.25) is 0 Å². The third-order valence-corrected chi connectivity index (χ3v) is 8.94. The van der Waals surface area contributed by atoms with Gasteiger partial charge in [0.15, 0.2) is 0 Å². The summed E-state index contributed by atoms with van der Waals surface area (Å²) < 4.78 is 0. The minimum absolute atomic E-state index is 0.823. The van der Waals surface area contributed by atoms with Crippen LogP contribution in [0.4, 0.5) is 11.4 Å². The number of benzene rings is 6. The highest BCUT2D eigenvalue weighted by atomic mass is 16.2. The van der Waals surface area contributed by atoms with E-state index in [9.17, 15) is 0 Å². The predicted molar refractivity (Wildman–Crippen MR) is 198 cm³/mol. The Morgan fingerprint density at radius 2 is 1.15 bits per heavy atom. The Balaban J connectivity index is 0.00000166. The molecular formula is C44H35NO. The third kappa shape index (κ3) is 5.09. The van der Waals surface area contributed by atoms with Gasteiger partial charge in [0.1, 0.15) is 0 Å². The van der Waals surface area contributed by atoms with E-state index in [4.69, 9.17) is 5.11 Å². The first-order chi connectivity index (χ1) is 22.7. The fraction of sp³-hybridized carbons (Fsp3) is 0.0455. The Kier molecular flexibility index (Phi) is 7.80. The van der Waals surface area contributed by atoms with E-state index in [2.05, 4.69) is 170 Å². The van der Waals surface area contributed by atoms with Gasteiger partial charge in [-0.05, 0) is 85.0 Å². The van der Waals surface area contributed by atoms with E-state index in [1.807, 2.05) is 0 Å². The topological polar surface area (TPSA) is 23.5 Å². The van der Waals surface area contributed by atoms with Crippen molar-refractivity contribution in [2.24, 2.45) is 0 Å². The second-order valence-corrected chi connectivity index (χ2v) is 11.5. The van der Waals surface area contributed by atoms with Crippen molar-refractivity contribution >= 4 is 56.2 Å². The van der Waals surface area contributed by atoms with Gasteiger partial charge in [-0.1, -0.05) is 141 Å². The molecule has 0 fully saturated rings. The number of rotatable bonds is 2. The van der Waals surface area contributed by atoms with E-state index in [1.165, 1.54) is 55.0 Å². The molecule has 0 unspecified atom stereocenters. The van der Waals surface area contributed by atoms with Crippen LogP contribution >= 0.6 is 0 Å². The van der Waals surface area contributed by atoms with Crippen molar-refractivity contribution in [3.8, 4) is 0 Å². The molecule has 2 heteroatoms. The van der Waals surface area contributed by atoms with Crippen molar-refractivity contribution in [1.29, 1.82) is 0 Å². The highest BCUT2D eigenvalue weighted by Crippen LogP contribution is 2.45. The Labute approximate surface area is 270 Å². The molecule has 2 aliphatic rings. The molecule has 6 aromatic rings. The number of allylic oxidation sites excluding steroid dienone is 5. The third-order valence-electron chi connectivity index (χ3n) is 8.94. The van der Waals surface area contributed by atoms with Crippen LogP contribution in [0, 0.1) is 0 Å². The van der Waals surface area contributed by atoms with E-state index in [-0.39, 0.29) is 0 Å². The molecule has 0 aromatic heterocycles. The summed E-state index contributed by atoms with van der Waals surface area (Å²) in [6.07, 6.45) is 11.8. The molecule has 2 nitrogen and oxygen atoms in total. The lowest BCUT2D eigenvalue weighted by molar-refractivity contribution is 0.399. The number of fused-ring (bicyclic) bond motifs is 8. The molecule has 8 rings (SSSR count). The summed E-state index contributed by atoms with van der Waals surface area (Å²) in [6, 6.07) is 43.6. The lowest BCUT2D eigenvalue weighted by Gasteiger charge is -2.30. The summed E-state index contributed by atoms with van der Waals surface area (Å²) in [5.74, 6) is 0. The van der Waals surface area contributed by atoms with Crippen LogP contribution in [0.2, 0.25) is 0 Å². The number of hydrogen-bond acceptors (Lipinski definition) is 2. The van der Waals surface area contributed by atoms with Gasteiger partial charge in [-0.15, -0.1) is 0 Å². The standard InChI is InChI=1S/C43H31N.CH4O/c1-29-27-35(22-21-33-12-5-6-14-37(29)33)32-23-25-36(26-24-32)44-30(2)19-20-31-11-3-4-13-34(31)28-42-40-17-8-7-15-38(40)39-16-9-10-18-41(39)43(42)44;1-2/h3-27H,1-2,28H2;2H,1H3/b20-19-;. The minimum Gasteiger partial charge on any atom is -0.400 e. The average Bonchev–Trinajstić information content (AvgIpc) is 3.24. The predicted octanol–water partition coefficient (Wildman–Crippen LogP) is 11.0. The van der Waals surface area contributed by atoms with Gasteiger partial charge < -0.3 is 10.0 Å². The van der Waals surface area contributed by atoms with E-state index >= 15 is 0 Å². The molecule has 1 aliphatic carbocycles. The Morgan fingerprint density at radius 1 is 0.565 bits per heavy atom. The molecule has 1 heterocycles. The maximum atomic E-state index is 7.00. The molecule has 0 atom stereocenters. The van der Waals surface area contributed by atoms with Crippen LogP contribution in [-0.4, -0.2) is 12.2 Å². The van der Waals surface area contributed by atoms with Crippen molar-refractivity contribution in [3.05, 3.63) is 192 Å². The molecule has 0 bridgehead atoms. The summed E-state index contributed by atoms with van der Waals surface area (Å²) >= 11 is 0. The Morgan fingerprint density at radius 3 is 1.91 bits per heavy atom. The molecule has 222 valence electrons. The molecule has 0 amide bonds. The lowest BCUT2D eigenvalue weighted by atomic mass is 9.89. The van der Waals surface area contributed by atoms with Gasteiger partial charge in [0.25, 0.3) is 0 Å². The number of aliphatic hydroxyl groups excluding tert-OH is 1.